The summed E-state index contributed by atoms with van der Waals surface area (Å²) in [7, 11) is 2.18. The zero-order valence-corrected chi connectivity index (χ0v) is 13.7. The van der Waals surface area contributed by atoms with E-state index in [4.69, 9.17) is 4.74 Å². The van der Waals surface area contributed by atoms with Crippen LogP contribution >= 0.6 is 15.9 Å². The number of nitrogens with zero attached hydrogens (tertiary/aromatic N) is 3. The average molecular weight is 330 g/mol. The standard InChI is InChI=1S/C14H24BrN3O/c1-4-18-13(14(15)11(2)16-18)9-17(3)8-12-6-5-7-19-10-12/h12H,4-10H2,1-3H3. The molecule has 1 aromatic rings. The third kappa shape index (κ3) is 3.80. The molecule has 0 amide bonds. The lowest BCUT2D eigenvalue weighted by molar-refractivity contribution is 0.0408. The number of aryl methyl sites for hydroxylation is 2. The van der Waals surface area contributed by atoms with Crippen LogP contribution in [0.2, 0.25) is 0 Å². The smallest absolute Gasteiger partial charge is 0.0739 e. The molecule has 5 heteroatoms. The summed E-state index contributed by atoms with van der Waals surface area (Å²) in [5.74, 6) is 0.677. The molecule has 0 spiro atoms. The van der Waals surface area contributed by atoms with Gasteiger partial charge in [0.1, 0.15) is 0 Å². The Bertz CT molecular complexity index is 413. The van der Waals surface area contributed by atoms with Crippen molar-refractivity contribution in [3.05, 3.63) is 15.9 Å². The second-order valence-corrected chi connectivity index (χ2v) is 6.23. The molecule has 0 aliphatic carbocycles. The highest BCUT2D eigenvalue weighted by atomic mass is 79.9. The molecule has 1 atom stereocenters. The van der Waals surface area contributed by atoms with Crippen LogP contribution in [-0.4, -0.2) is 41.5 Å². The lowest BCUT2D eigenvalue weighted by atomic mass is 10.0. The molecule has 4 nitrogen and oxygen atoms in total. The predicted octanol–water partition coefficient (Wildman–Crippen LogP) is 2.83. The van der Waals surface area contributed by atoms with Crippen molar-refractivity contribution in [2.75, 3.05) is 26.8 Å². The van der Waals surface area contributed by atoms with Crippen LogP contribution < -0.4 is 0 Å². The van der Waals surface area contributed by atoms with Crippen molar-refractivity contribution < 1.29 is 4.74 Å². The van der Waals surface area contributed by atoms with E-state index in [1.165, 1.54) is 18.5 Å². The number of aromatic nitrogens is 2. The largest absolute Gasteiger partial charge is 0.381 e. The van der Waals surface area contributed by atoms with Gasteiger partial charge in [-0.05, 0) is 55.6 Å². The zero-order chi connectivity index (χ0) is 13.8. The van der Waals surface area contributed by atoms with E-state index in [9.17, 15) is 0 Å². The first-order valence-corrected chi connectivity index (χ1v) is 7.89. The molecule has 1 unspecified atom stereocenters. The summed E-state index contributed by atoms with van der Waals surface area (Å²) in [6, 6.07) is 0. The van der Waals surface area contributed by atoms with E-state index in [2.05, 4.69) is 51.5 Å². The Labute approximate surface area is 124 Å². The van der Waals surface area contributed by atoms with Crippen molar-refractivity contribution in [3.8, 4) is 0 Å². The molecule has 0 aromatic carbocycles. The van der Waals surface area contributed by atoms with Gasteiger partial charge < -0.3 is 9.64 Å². The van der Waals surface area contributed by atoms with Gasteiger partial charge in [-0.15, -0.1) is 0 Å². The van der Waals surface area contributed by atoms with Gasteiger partial charge in [-0.25, -0.2) is 0 Å². The van der Waals surface area contributed by atoms with Gasteiger partial charge in [0.2, 0.25) is 0 Å². The van der Waals surface area contributed by atoms with Crippen LogP contribution in [0.5, 0.6) is 0 Å². The summed E-state index contributed by atoms with van der Waals surface area (Å²) in [5.41, 5.74) is 2.35. The van der Waals surface area contributed by atoms with E-state index in [0.29, 0.717) is 5.92 Å². The summed E-state index contributed by atoms with van der Waals surface area (Å²) in [6.07, 6.45) is 2.49. The Morgan fingerprint density at radius 2 is 2.32 bits per heavy atom. The van der Waals surface area contributed by atoms with Gasteiger partial charge in [-0.3, -0.25) is 4.68 Å². The minimum Gasteiger partial charge on any atom is -0.381 e. The second kappa shape index (κ2) is 6.86. The summed E-state index contributed by atoms with van der Waals surface area (Å²) in [4.78, 5) is 2.38. The highest BCUT2D eigenvalue weighted by molar-refractivity contribution is 9.10. The zero-order valence-electron chi connectivity index (χ0n) is 12.2. The molecule has 1 saturated heterocycles. The van der Waals surface area contributed by atoms with Crippen LogP contribution in [-0.2, 0) is 17.8 Å². The van der Waals surface area contributed by atoms with Crippen molar-refractivity contribution in [1.29, 1.82) is 0 Å². The normalized spacial score (nSPS) is 20.2. The molecule has 1 aliphatic rings. The number of halogens is 1. The van der Waals surface area contributed by atoms with E-state index in [1.54, 1.807) is 0 Å². The van der Waals surface area contributed by atoms with Crippen LogP contribution in [0.15, 0.2) is 4.47 Å². The van der Waals surface area contributed by atoms with Gasteiger partial charge in [0.15, 0.2) is 0 Å². The Morgan fingerprint density at radius 1 is 1.53 bits per heavy atom. The third-order valence-corrected chi connectivity index (χ3v) is 4.73. The minimum absolute atomic E-state index is 0.677. The van der Waals surface area contributed by atoms with Crippen LogP contribution in [0.3, 0.4) is 0 Å². The molecule has 0 saturated carbocycles. The fourth-order valence-corrected chi connectivity index (χ4v) is 3.14. The molecular weight excluding hydrogens is 306 g/mol. The van der Waals surface area contributed by atoms with E-state index in [1.807, 2.05) is 0 Å². The maximum atomic E-state index is 5.55. The molecule has 19 heavy (non-hydrogen) atoms. The number of rotatable bonds is 5. The molecule has 108 valence electrons. The van der Waals surface area contributed by atoms with Crippen LogP contribution in [0, 0.1) is 12.8 Å². The van der Waals surface area contributed by atoms with Crippen molar-refractivity contribution in [3.63, 3.8) is 0 Å². The SMILES string of the molecule is CCn1nc(C)c(Br)c1CN(C)CC1CCCOC1. The summed E-state index contributed by atoms with van der Waals surface area (Å²) in [6.45, 7) is 8.99. The fourth-order valence-electron chi connectivity index (χ4n) is 2.73. The van der Waals surface area contributed by atoms with Gasteiger partial charge in [-0.1, -0.05) is 0 Å². The van der Waals surface area contributed by atoms with Gasteiger partial charge in [0.25, 0.3) is 0 Å². The average Bonchev–Trinajstić information content (AvgIpc) is 2.67. The highest BCUT2D eigenvalue weighted by Crippen LogP contribution is 2.23. The topological polar surface area (TPSA) is 30.3 Å². The van der Waals surface area contributed by atoms with E-state index in [-0.39, 0.29) is 0 Å². The summed E-state index contributed by atoms with van der Waals surface area (Å²) >= 11 is 3.66. The Hall–Kier alpha value is -0.390. The van der Waals surface area contributed by atoms with Crippen LogP contribution in [0.4, 0.5) is 0 Å². The van der Waals surface area contributed by atoms with E-state index >= 15 is 0 Å². The first-order chi connectivity index (χ1) is 9.11. The lowest BCUT2D eigenvalue weighted by Crippen LogP contribution is -2.31. The molecule has 0 N–H and O–H groups in total. The van der Waals surface area contributed by atoms with Gasteiger partial charge in [0.05, 0.1) is 22.5 Å². The molecular formula is C14H24BrN3O. The Kier molecular flexibility index (Phi) is 5.42. The van der Waals surface area contributed by atoms with Gasteiger partial charge in [-0.2, -0.15) is 5.10 Å². The van der Waals surface area contributed by atoms with Crippen molar-refractivity contribution in [2.45, 2.75) is 39.8 Å². The third-order valence-electron chi connectivity index (χ3n) is 3.70. The van der Waals surface area contributed by atoms with Crippen molar-refractivity contribution in [1.82, 2.24) is 14.7 Å². The first kappa shape index (κ1) is 15.0. The molecule has 2 heterocycles. The maximum Gasteiger partial charge on any atom is 0.0739 e. The monoisotopic (exact) mass is 329 g/mol. The first-order valence-electron chi connectivity index (χ1n) is 7.09. The van der Waals surface area contributed by atoms with Gasteiger partial charge >= 0.3 is 0 Å². The molecule has 2 rings (SSSR count). The van der Waals surface area contributed by atoms with Crippen LogP contribution in [0.1, 0.15) is 31.2 Å². The molecule has 1 fully saturated rings. The van der Waals surface area contributed by atoms with E-state index in [0.717, 1.165) is 43.0 Å². The number of hydrogen-bond acceptors (Lipinski definition) is 3. The van der Waals surface area contributed by atoms with Crippen molar-refractivity contribution >= 4 is 15.9 Å². The predicted molar refractivity (Wildman–Crippen MR) is 80.2 cm³/mol. The molecule has 0 radical (unpaired) electrons. The molecule has 1 aliphatic heterocycles. The lowest BCUT2D eigenvalue weighted by Gasteiger charge is -2.27. The highest BCUT2D eigenvalue weighted by Gasteiger charge is 2.18. The maximum absolute atomic E-state index is 5.55. The van der Waals surface area contributed by atoms with E-state index < -0.39 is 0 Å². The number of ether oxygens (including phenoxy) is 1. The molecule has 0 bridgehead atoms. The summed E-state index contributed by atoms with van der Waals surface area (Å²) < 4.78 is 8.80. The van der Waals surface area contributed by atoms with Crippen LogP contribution in [0.25, 0.3) is 0 Å². The quantitative estimate of drug-likeness (QED) is 0.832. The number of hydrogen-bond donors (Lipinski definition) is 0. The summed E-state index contributed by atoms with van der Waals surface area (Å²) in [5, 5.41) is 4.55. The Morgan fingerprint density at radius 3 is 2.95 bits per heavy atom. The van der Waals surface area contributed by atoms with Gasteiger partial charge in [0, 0.05) is 26.2 Å². The fraction of sp³-hybridized carbons (Fsp3) is 0.786. The second-order valence-electron chi connectivity index (χ2n) is 5.44. The molecule has 1 aromatic heterocycles. The Balaban J connectivity index is 1.96. The minimum atomic E-state index is 0.677. The van der Waals surface area contributed by atoms with Crippen molar-refractivity contribution in [2.24, 2.45) is 5.92 Å².